The molecule has 175 valence electrons. The molecular weight excluding hydrogens is 431 g/mol. The van der Waals surface area contributed by atoms with Gasteiger partial charge in [-0.05, 0) is 55.5 Å². The molecule has 1 radical (unpaired) electrons. The first kappa shape index (κ1) is 22.3. The highest BCUT2D eigenvalue weighted by atomic mass is 19.1. The Kier molecular flexibility index (Phi) is 6.39. The average molecular weight is 460 g/mol. The summed E-state index contributed by atoms with van der Waals surface area (Å²) in [5.41, 5.74) is 3.33. The molecule has 34 heavy (non-hydrogen) atoms. The molecule has 0 aliphatic carbocycles. The van der Waals surface area contributed by atoms with Crippen LogP contribution in [-0.4, -0.2) is 18.8 Å². The predicted octanol–water partition coefficient (Wildman–Crippen LogP) is 7.04. The maximum absolute atomic E-state index is 13.7. The van der Waals surface area contributed by atoms with Gasteiger partial charge >= 0.3 is 0 Å². The van der Waals surface area contributed by atoms with Crippen molar-refractivity contribution in [1.82, 2.24) is 5.16 Å². The summed E-state index contributed by atoms with van der Waals surface area (Å²) in [4.78, 5) is 2.30. The minimum Gasteiger partial charge on any atom is -0.491 e. The maximum atomic E-state index is 13.7. The Morgan fingerprint density at radius 1 is 1.18 bits per heavy atom. The smallest absolute Gasteiger partial charge is 0.184 e. The van der Waals surface area contributed by atoms with Crippen LogP contribution in [0.5, 0.6) is 11.5 Å². The molecule has 3 aromatic carbocycles. The zero-order valence-corrected chi connectivity index (χ0v) is 19.5. The van der Waals surface area contributed by atoms with Gasteiger partial charge in [0.1, 0.15) is 17.6 Å². The SMILES string of the molecule is CCC(Oc1[c]ccc(N2CCCCC2c2noc3cc(F)ccc23)c1OC)c1ccccc1. The van der Waals surface area contributed by atoms with Gasteiger partial charge in [0, 0.05) is 24.1 Å². The summed E-state index contributed by atoms with van der Waals surface area (Å²) in [6, 6.07) is 21.9. The molecule has 2 atom stereocenters. The van der Waals surface area contributed by atoms with Crippen LogP contribution < -0.4 is 14.4 Å². The summed E-state index contributed by atoms with van der Waals surface area (Å²) in [7, 11) is 1.66. The molecule has 5 rings (SSSR count). The fraction of sp³-hybridized carbons (Fsp3) is 0.321. The largest absolute Gasteiger partial charge is 0.491 e. The van der Waals surface area contributed by atoms with Crippen molar-refractivity contribution in [3.63, 3.8) is 0 Å². The summed E-state index contributed by atoms with van der Waals surface area (Å²) >= 11 is 0. The Morgan fingerprint density at radius 3 is 2.82 bits per heavy atom. The van der Waals surface area contributed by atoms with Crippen molar-refractivity contribution in [3.05, 3.63) is 83.8 Å². The lowest BCUT2D eigenvalue weighted by atomic mass is 9.96. The number of anilines is 1. The molecule has 0 N–H and O–H groups in total. The highest BCUT2D eigenvalue weighted by Gasteiger charge is 2.31. The fourth-order valence-corrected chi connectivity index (χ4v) is 4.84. The molecule has 1 aliphatic rings. The molecular formula is C28H28FN2O3. The molecule has 0 bridgehead atoms. The van der Waals surface area contributed by atoms with Crippen molar-refractivity contribution in [3.8, 4) is 11.5 Å². The van der Waals surface area contributed by atoms with E-state index in [4.69, 9.17) is 14.0 Å². The van der Waals surface area contributed by atoms with Crippen LogP contribution in [0, 0.1) is 11.9 Å². The third-order valence-electron chi connectivity index (χ3n) is 6.49. The van der Waals surface area contributed by atoms with Gasteiger partial charge < -0.3 is 18.9 Å². The Hall–Kier alpha value is -3.54. The van der Waals surface area contributed by atoms with Gasteiger partial charge in [0.25, 0.3) is 0 Å². The zero-order chi connectivity index (χ0) is 23.5. The lowest BCUT2D eigenvalue weighted by molar-refractivity contribution is 0.192. The van der Waals surface area contributed by atoms with E-state index in [0.717, 1.165) is 54.6 Å². The summed E-state index contributed by atoms with van der Waals surface area (Å²) in [6.45, 7) is 2.95. The summed E-state index contributed by atoms with van der Waals surface area (Å²) in [5, 5.41) is 5.19. The van der Waals surface area contributed by atoms with Gasteiger partial charge in [-0.15, -0.1) is 0 Å². The van der Waals surface area contributed by atoms with Gasteiger partial charge in [-0.25, -0.2) is 4.39 Å². The fourth-order valence-electron chi connectivity index (χ4n) is 4.84. The van der Waals surface area contributed by atoms with E-state index < -0.39 is 0 Å². The van der Waals surface area contributed by atoms with E-state index in [9.17, 15) is 4.39 Å². The predicted molar refractivity (Wildman–Crippen MR) is 130 cm³/mol. The average Bonchev–Trinajstić information content (AvgIpc) is 3.30. The van der Waals surface area contributed by atoms with Crippen molar-refractivity contribution < 1.29 is 18.4 Å². The Morgan fingerprint density at radius 2 is 2.03 bits per heavy atom. The third kappa shape index (κ3) is 4.20. The van der Waals surface area contributed by atoms with Crippen molar-refractivity contribution in [2.75, 3.05) is 18.6 Å². The number of rotatable bonds is 7. The van der Waals surface area contributed by atoms with E-state index in [1.807, 2.05) is 30.3 Å². The quantitative estimate of drug-likeness (QED) is 0.297. The minimum absolute atomic E-state index is 0.0132. The molecule has 6 heteroatoms. The second kappa shape index (κ2) is 9.75. The molecule has 0 saturated carbocycles. The molecule has 4 aromatic rings. The highest BCUT2D eigenvalue weighted by molar-refractivity contribution is 5.80. The number of methoxy groups -OCH3 is 1. The topological polar surface area (TPSA) is 47.7 Å². The highest BCUT2D eigenvalue weighted by Crippen LogP contribution is 2.45. The lowest BCUT2D eigenvalue weighted by Crippen LogP contribution is -2.34. The van der Waals surface area contributed by atoms with Crippen LogP contribution in [-0.2, 0) is 0 Å². The molecule has 1 aromatic heterocycles. The number of aromatic nitrogens is 1. The van der Waals surface area contributed by atoms with Crippen LogP contribution in [0.1, 0.15) is 56.0 Å². The van der Waals surface area contributed by atoms with Crippen LogP contribution in [0.25, 0.3) is 11.0 Å². The van der Waals surface area contributed by atoms with Gasteiger partial charge in [-0.2, -0.15) is 0 Å². The van der Waals surface area contributed by atoms with Crippen molar-refractivity contribution in [1.29, 1.82) is 0 Å². The molecule has 0 spiro atoms. The number of fused-ring (bicyclic) bond motifs is 1. The first-order valence-corrected chi connectivity index (χ1v) is 11.8. The van der Waals surface area contributed by atoms with Crippen LogP contribution >= 0.6 is 0 Å². The number of hydrogen-bond acceptors (Lipinski definition) is 5. The van der Waals surface area contributed by atoms with Gasteiger partial charge in [0.2, 0.25) is 0 Å². The standard InChI is InChI=1S/C28H28FN2O3/c1-3-24(19-10-5-4-6-11-19)33-25-14-9-13-23(28(25)32-2)31-17-8-7-12-22(31)27-21-16-15-20(29)18-26(21)34-30-27/h4-6,9-11,13,15-16,18,22,24H,3,7-8,12,17H2,1-2H3. The Labute approximate surface area is 199 Å². The normalized spacial score (nSPS) is 17.0. The van der Waals surface area contributed by atoms with E-state index in [1.54, 1.807) is 13.2 Å². The molecule has 1 fully saturated rings. The number of nitrogens with zero attached hydrogens (tertiary/aromatic N) is 2. The minimum atomic E-state index is -0.332. The van der Waals surface area contributed by atoms with Gasteiger partial charge in [-0.3, -0.25) is 0 Å². The number of piperidine rings is 1. The first-order chi connectivity index (χ1) is 16.7. The molecule has 1 saturated heterocycles. The number of ether oxygens (including phenoxy) is 2. The Bertz CT molecular complexity index is 1260. The molecule has 5 nitrogen and oxygen atoms in total. The van der Waals surface area contributed by atoms with Crippen molar-refractivity contribution in [2.24, 2.45) is 0 Å². The van der Waals surface area contributed by atoms with Crippen molar-refractivity contribution in [2.45, 2.75) is 44.8 Å². The maximum Gasteiger partial charge on any atom is 0.184 e. The summed E-state index contributed by atoms with van der Waals surface area (Å²) in [6.07, 6.45) is 3.76. The van der Waals surface area contributed by atoms with E-state index in [0.29, 0.717) is 17.1 Å². The zero-order valence-electron chi connectivity index (χ0n) is 19.5. The number of halogens is 1. The Balaban J connectivity index is 1.51. The van der Waals surface area contributed by atoms with Crippen molar-refractivity contribution >= 4 is 16.7 Å². The van der Waals surface area contributed by atoms with Crippen LogP contribution in [0.15, 0.2) is 65.2 Å². The second-order valence-corrected chi connectivity index (χ2v) is 8.56. The monoisotopic (exact) mass is 459 g/mol. The van der Waals surface area contributed by atoms with Gasteiger partial charge in [-0.1, -0.05) is 42.4 Å². The number of benzene rings is 3. The van der Waals surface area contributed by atoms with E-state index in [-0.39, 0.29) is 18.0 Å². The van der Waals surface area contributed by atoms with Crippen LogP contribution in [0.3, 0.4) is 0 Å². The molecule has 2 unspecified atom stereocenters. The van der Waals surface area contributed by atoms with E-state index in [1.165, 1.54) is 12.1 Å². The number of hydrogen-bond donors (Lipinski definition) is 0. The molecule has 1 aliphatic heterocycles. The molecule has 0 amide bonds. The third-order valence-corrected chi connectivity index (χ3v) is 6.49. The van der Waals surface area contributed by atoms with E-state index in [2.05, 4.69) is 35.2 Å². The lowest BCUT2D eigenvalue weighted by Gasteiger charge is -2.37. The van der Waals surface area contributed by atoms with Crippen LogP contribution in [0.2, 0.25) is 0 Å². The van der Waals surface area contributed by atoms with Gasteiger partial charge in [0.15, 0.2) is 17.1 Å². The van der Waals surface area contributed by atoms with E-state index >= 15 is 0 Å². The van der Waals surface area contributed by atoms with Gasteiger partial charge in [0.05, 0.1) is 18.8 Å². The molecule has 2 heterocycles. The summed E-state index contributed by atoms with van der Waals surface area (Å²) < 4.78 is 31.5. The van der Waals surface area contributed by atoms with Crippen LogP contribution in [0.4, 0.5) is 10.1 Å². The second-order valence-electron chi connectivity index (χ2n) is 8.56. The first-order valence-electron chi connectivity index (χ1n) is 11.8. The summed E-state index contributed by atoms with van der Waals surface area (Å²) in [5.74, 6) is 0.913.